The van der Waals surface area contributed by atoms with E-state index in [1.54, 1.807) is 0 Å². The van der Waals surface area contributed by atoms with Crippen molar-refractivity contribution in [2.45, 2.75) is 38.0 Å². The molecule has 0 spiro atoms. The highest BCUT2D eigenvalue weighted by atomic mass is 16.3. The predicted molar refractivity (Wildman–Crippen MR) is 120 cm³/mol. The van der Waals surface area contributed by atoms with Gasteiger partial charge in [0, 0.05) is 31.0 Å². The predicted octanol–water partition coefficient (Wildman–Crippen LogP) is 3.49. The number of aliphatic hydroxyl groups is 1. The lowest BCUT2D eigenvalue weighted by atomic mass is 9.89. The van der Waals surface area contributed by atoms with E-state index in [0.29, 0.717) is 12.5 Å². The van der Waals surface area contributed by atoms with Crippen LogP contribution >= 0.6 is 0 Å². The summed E-state index contributed by atoms with van der Waals surface area (Å²) in [4.78, 5) is 1.95. The Bertz CT molecular complexity index is 865. The zero-order chi connectivity index (χ0) is 20.1. The number of benzene rings is 1. The molecule has 1 heterocycles. The minimum atomic E-state index is -0.607. The van der Waals surface area contributed by atoms with Crippen LogP contribution in [0, 0.1) is 5.92 Å². The van der Waals surface area contributed by atoms with Crippen molar-refractivity contribution >= 4 is 6.08 Å². The molecular weight excluding hydrogens is 358 g/mol. The van der Waals surface area contributed by atoms with Gasteiger partial charge in [-0.3, -0.25) is 0 Å². The molecule has 0 aromatic heterocycles. The van der Waals surface area contributed by atoms with Gasteiger partial charge >= 0.3 is 0 Å². The van der Waals surface area contributed by atoms with E-state index in [9.17, 15) is 5.11 Å². The Morgan fingerprint density at radius 3 is 2.93 bits per heavy atom. The first-order chi connectivity index (χ1) is 14.2. The zero-order valence-corrected chi connectivity index (χ0v) is 16.9. The van der Waals surface area contributed by atoms with Crippen LogP contribution in [0.25, 0.3) is 6.08 Å². The molecule has 152 valence electrons. The summed E-state index contributed by atoms with van der Waals surface area (Å²) in [5, 5.41) is 14.2. The van der Waals surface area contributed by atoms with Crippen LogP contribution in [-0.2, 0) is 6.42 Å². The lowest BCUT2D eigenvalue weighted by Gasteiger charge is -2.32. The molecule has 0 saturated heterocycles. The van der Waals surface area contributed by atoms with Gasteiger partial charge in [0.15, 0.2) is 0 Å². The van der Waals surface area contributed by atoms with Gasteiger partial charge in [-0.15, -0.1) is 0 Å². The smallest absolute Gasteiger partial charge is 0.150 e. The summed E-state index contributed by atoms with van der Waals surface area (Å²) in [7, 11) is 0. The second-order valence-electron chi connectivity index (χ2n) is 8.07. The van der Waals surface area contributed by atoms with Gasteiger partial charge in [-0.05, 0) is 66.5 Å². The Kier molecular flexibility index (Phi) is 6.45. The number of nitrogens with two attached hydrogens (primary N) is 1. The van der Waals surface area contributed by atoms with Gasteiger partial charge in [0.05, 0.1) is 0 Å². The fraction of sp³-hybridized carbons (Fsp3) is 0.360. The fourth-order valence-corrected chi connectivity index (χ4v) is 4.25. The highest BCUT2D eigenvalue weighted by molar-refractivity contribution is 5.56. The standard InChI is InChI=1S/C25H31N3O/c26-17-23(27-18-20-10-11-21-6-4-5-7-22(21)14-20)15-19-12-13-28(25(29)16-19)24-8-2-1-3-9-24/h1-2,4-8,10-13,16,20,23,25,27,29H,3,9,14-15,17-18,26H2. The number of rotatable bonds is 7. The van der Waals surface area contributed by atoms with E-state index >= 15 is 0 Å². The van der Waals surface area contributed by atoms with Crippen molar-refractivity contribution in [1.29, 1.82) is 0 Å². The average Bonchev–Trinajstić information content (AvgIpc) is 2.77. The maximum atomic E-state index is 10.6. The third-order valence-corrected chi connectivity index (χ3v) is 5.94. The van der Waals surface area contributed by atoms with E-state index in [-0.39, 0.29) is 6.04 Å². The molecule has 3 aliphatic rings. The minimum Gasteiger partial charge on any atom is -0.370 e. The molecule has 4 heteroatoms. The molecular formula is C25H31N3O. The van der Waals surface area contributed by atoms with Crippen LogP contribution < -0.4 is 11.1 Å². The summed E-state index contributed by atoms with van der Waals surface area (Å²) in [5.74, 6) is 0.488. The van der Waals surface area contributed by atoms with Gasteiger partial charge in [0.2, 0.25) is 0 Å². The molecule has 3 atom stereocenters. The Hall–Kier alpha value is -2.40. The van der Waals surface area contributed by atoms with Crippen molar-refractivity contribution in [3.8, 4) is 0 Å². The maximum Gasteiger partial charge on any atom is 0.150 e. The first-order valence-corrected chi connectivity index (χ1v) is 10.6. The minimum absolute atomic E-state index is 0.201. The Morgan fingerprint density at radius 1 is 1.24 bits per heavy atom. The lowest BCUT2D eigenvalue weighted by molar-refractivity contribution is 0.0982. The average molecular weight is 390 g/mol. The Balaban J connectivity index is 1.30. The molecule has 4 nitrogen and oxygen atoms in total. The number of fused-ring (bicyclic) bond motifs is 1. The first kappa shape index (κ1) is 19.9. The molecule has 1 aliphatic heterocycles. The van der Waals surface area contributed by atoms with E-state index in [1.807, 2.05) is 17.2 Å². The number of nitrogens with zero attached hydrogens (tertiary/aromatic N) is 1. The molecule has 0 amide bonds. The first-order valence-electron chi connectivity index (χ1n) is 10.6. The van der Waals surface area contributed by atoms with Crippen LogP contribution in [0.15, 0.2) is 78.2 Å². The molecule has 4 N–H and O–H groups in total. The summed E-state index contributed by atoms with van der Waals surface area (Å²) < 4.78 is 0. The highest BCUT2D eigenvalue weighted by Crippen LogP contribution is 2.25. The van der Waals surface area contributed by atoms with Gasteiger partial charge in [-0.25, -0.2) is 0 Å². The van der Waals surface area contributed by atoms with Crippen molar-refractivity contribution in [1.82, 2.24) is 10.2 Å². The SMILES string of the molecule is NCC(CC1=CC(O)N(C2=CC=CCC2)C=C1)NCC1C=Cc2ccccc2C1. The normalized spacial score (nSPS) is 24.1. The van der Waals surface area contributed by atoms with E-state index in [4.69, 9.17) is 5.73 Å². The van der Waals surface area contributed by atoms with Crippen LogP contribution in [0.2, 0.25) is 0 Å². The summed E-state index contributed by atoms with van der Waals surface area (Å²) >= 11 is 0. The molecule has 4 rings (SSSR count). The lowest BCUT2D eigenvalue weighted by Crippen LogP contribution is -2.40. The van der Waals surface area contributed by atoms with Crippen LogP contribution in [0.5, 0.6) is 0 Å². The topological polar surface area (TPSA) is 61.5 Å². The molecule has 3 unspecified atom stereocenters. The summed E-state index contributed by atoms with van der Waals surface area (Å²) in [5.41, 5.74) is 11.1. The number of aliphatic hydroxyl groups excluding tert-OH is 1. The third-order valence-electron chi connectivity index (χ3n) is 5.94. The highest BCUT2D eigenvalue weighted by Gasteiger charge is 2.20. The molecule has 0 bridgehead atoms. The molecule has 1 aromatic rings. The van der Waals surface area contributed by atoms with Crippen molar-refractivity contribution in [2.24, 2.45) is 11.7 Å². The van der Waals surface area contributed by atoms with Crippen LogP contribution in [0.3, 0.4) is 0 Å². The molecule has 29 heavy (non-hydrogen) atoms. The van der Waals surface area contributed by atoms with Crippen LogP contribution in [-0.4, -0.2) is 35.4 Å². The summed E-state index contributed by atoms with van der Waals surface area (Å²) in [6, 6.07) is 8.80. The van der Waals surface area contributed by atoms with E-state index < -0.39 is 6.23 Å². The summed E-state index contributed by atoms with van der Waals surface area (Å²) in [6.45, 7) is 1.49. The van der Waals surface area contributed by atoms with E-state index in [0.717, 1.165) is 43.5 Å². The molecule has 0 saturated carbocycles. The van der Waals surface area contributed by atoms with E-state index in [2.05, 4.69) is 66.0 Å². The van der Waals surface area contributed by atoms with Crippen LogP contribution in [0.1, 0.15) is 30.4 Å². The van der Waals surface area contributed by atoms with E-state index in [1.165, 1.54) is 11.1 Å². The second kappa shape index (κ2) is 9.40. The van der Waals surface area contributed by atoms with Crippen molar-refractivity contribution in [3.63, 3.8) is 0 Å². The number of nitrogens with one attached hydrogen (secondary N) is 1. The Morgan fingerprint density at radius 2 is 2.14 bits per heavy atom. The molecule has 1 aromatic carbocycles. The largest absolute Gasteiger partial charge is 0.370 e. The van der Waals surface area contributed by atoms with Gasteiger partial charge in [0.1, 0.15) is 6.23 Å². The molecule has 0 radical (unpaired) electrons. The quantitative estimate of drug-likeness (QED) is 0.668. The monoisotopic (exact) mass is 389 g/mol. The second-order valence-corrected chi connectivity index (χ2v) is 8.07. The fourth-order valence-electron chi connectivity index (χ4n) is 4.25. The molecule has 2 aliphatic carbocycles. The summed E-state index contributed by atoms with van der Waals surface area (Å²) in [6.07, 6.45) is 20.1. The van der Waals surface area contributed by atoms with Gasteiger partial charge < -0.3 is 21.1 Å². The van der Waals surface area contributed by atoms with Crippen molar-refractivity contribution in [3.05, 3.63) is 89.3 Å². The van der Waals surface area contributed by atoms with Crippen molar-refractivity contribution in [2.75, 3.05) is 13.1 Å². The van der Waals surface area contributed by atoms with Gasteiger partial charge in [0.25, 0.3) is 0 Å². The number of hydrogen-bond acceptors (Lipinski definition) is 4. The number of hydrogen-bond donors (Lipinski definition) is 3. The van der Waals surface area contributed by atoms with Crippen LogP contribution in [0.4, 0.5) is 0 Å². The Labute approximate surface area is 173 Å². The molecule has 0 fully saturated rings. The van der Waals surface area contributed by atoms with Crippen molar-refractivity contribution < 1.29 is 5.11 Å². The third kappa shape index (κ3) is 4.96. The number of allylic oxidation sites excluding steroid dienone is 5. The maximum absolute atomic E-state index is 10.6. The van der Waals surface area contributed by atoms with Gasteiger partial charge in [-0.1, -0.05) is 48.6 Å². The zero-order valence-electron chi connectivity index (χ0n) is 16.9. The van der Waals surface area contributed by atoms with Gasteiger partial charge in [-0.2, -0.15) is 0 Å².